The molecule has 0 unspecified atom stereocenters. The molecule has 29 heavy (non-hydrogen) atoms. The Bertz CT molecular complexity index is 986. The van der Waals surface area contributed by atoms with Gasteiger partial charge in [0, 0.05) is 35.2 Å². The first-order chi connectivity index (χ1) is 14.1. The molecule has 0 spiro atoms. The van der Waals surface area contributed by atoms with E-state index in [4.69, 9.17) is 9.15 Å². The highest BCUT2D eigenvalue weighted by atomic mass is 16.5. The third kappa shape index (κ3) is 5.08. The Morgan fingerprint density at radius 3 is 2.66 bits per heavy atom. The maximum absolute atomic E-state index is 12.3. The molecule has 0 atom stereocenters. The van der Waals surface area contributed by atoms with E-state index >= 15 is 0 Å². The van der Waals surface area contributed by atoms with E-state index in [-0.39, 0.29) is 5.91 Å². The van der Waals surface area contributed by atoms with Crippen LogP contribution in [-0.2, 0) is 4.79 Å². The number of unbranched alkanes of at least 4 members (excludes halogenated alkanes) is 3. The average Bonchev–Trinajstić information content (AvgIpc) is 3.16. The van der Waals surface area contributed by atoms with Gasteiger partial charge >= 0.3 is 0 Å². The molecule has 1 N–H and O–H groups in total. The molecule has 3 aromatic rings. The molecule has 0 aliphatic rings. The molecule has 0 saturated heterocycles. The molecule has 1 amide bonds. The van der Waals surface area contributed by atoms with Crippen molar-refractivity contribution in [2.24, 2.45) is 0 Å². The number of furan rings is 1. The summed E-state index contributed by atoms with van der Waals surface area (Å²) in [7, 11) is 1.63. The largest absolute Gasteiger partial charge is 0.496 e. The number of carbonyl (C=O) groups is 1. The van der Waals surface area contributed by atoms with Crippen LogP contribution in [-0.4, -0.2) is 19.6 Å². The standard InChI is InChI=1S/C25H29NO3/c1-4-5-6-10-13-26-25(27)14-18(2)20-15-21-22(19-11-8-7-9-12-19)17-29-24(21)16-23(20)28-3/h7-9,11-12,14-17H,4-6,10,13H2,1-3H3,(H,26,27)/b18-14+. The fraction of sp³-hybridized carbons (Fsp3) is 0.320. The normalized spacial score (nSPS) is 11.6. The van der Waals surface area contributed by atoms with E-state index in [0.717, 1.165) is 46.1 Å². The Kier molecular flexibility index (Phi) is 7.12. The molecule has 152 valence electrons. The molecule has 4 heteroatoms. The topological polar surface area (TPSA) is 51.5 Å². The van der Waals surface area contributed by atoms with Crippen molar-refractivity contribution in [2.75, 3.05) is 13.7 Å². The van der Waals surface area contributed by atoms with Gasteiger partial charge in [0.1, 0.15) is 11.3 Å². The molecule has 4 nitrogen and oxygen atoms in total. The maximum Gasteiger partial charge on any atom is 0.244 e. The minimum absolute atomic E-state index is 0.0726. The van der Waals surface area contributed by atoms with Gasteiger partial charge in [-0.3, -0.25) is 4.79 Å². The van der Waals surface area contributed by atoms with Crippen LogP contribution in [0, 0.1) is 0 Å². The van der Waals surface area contributed by atoms with Crippen LogP contribution in [0.1, 0.15) is 45.1 Å². The first kappa shape index (κ1) is 20.7. The monoisotopic (exact) mass is 391 g/mol. The van der Waals surface area contributed by atoms with Crippen LogP contribution in [0.4, 0.5) is 0 Å². The lowest BCUT2D eigenvalue weighted by molar-refractivity contribution is -0.116. The number of nitrogens with one attached hydrogen (secondary N) is 1. The highest BCUT2D eigenvalue weighted by Gasteiger charge is 2.14. The summed E-state index contributed by atoms with van der Waals surface area (Å²) in [6.07, 6.45) is 7.96. The van der Waals surface area contributed by atoms with Gasteiger partial charge < -0.3 is 14.5 Å². The van der Waals surface area contributed by atoms with Crippen molar-refractivity contribution in [3.63, 3.8) is 0 Å². The van der Waals surface area contributed by atoms with Crippen LogP contribution < -0.4 is 10.1 Å². The molecule has 0 radical (unpaired) electrons. The van der Waals surface area contributed by atoms with Crippen LogP contribution in [0.2, 0.25) is 0 Å². The quantitative estimate of drug-likeness (QED) is 0.348. The summed E-state index contributed by atoms with van der Waals surface area (Å²) in [5, 5.41) is 3.97. The van der Waals surface area contributed by atoms with E-state index in [1.165, 1.54) is 12.8 Å². The van der Waals surface area contributed by atoms with Crippen LogP contribution in [0.15, 0.2) is 59.2 Å². The van der Waals surface area contributed by atoms with Crippen molar-refractivity contribution in [1.82, 2.24) is 5.32 Å². The summed E-state index contributed by atoms with van der Waals surface area (Å²) in [6, 6.07) is 14.1. The van der Waals surface area contributed by atoms with Gasteiger partial charge in [-0.2, -0.15) is 0 Å². The second-order valence-electron chi connectivity index (χ2n) is 7.24. The number of hydrogen-bond donors (Lipinski definition) is 1. The van der Waals surface area contributed by atoms with Gasteiger partial charge in [0.05, 0.1) is 13.4 Å². The van der Waals surface area contributed by atoms with E-state index in [9.17, 15) is 4.79 Å². The number of carbonyl (C=O) groups excluding carboxylic acids is 1. The maximum atomic E-state index is 12.3. The van der Waals surface area contributed by atoms with Gasteiger partial charge in [-0.05, 0) is 30.5 Å². The molecule has 2 aromatic carbocycles. The fourth-order valence-electron chi connectivity index (χ4n) is 3.46. The van der Waals surface area contributed by atoms with Crippen molar-refractivity contribution in [3.8, 4) is 16.9 Å². The van der Waals surface area contributed by atoms with Gasteiger partial charge in [-0.15, -0.1) is 0 Å². The van der Waals surface area contributed by atoms with E-state index in [1.807, 2.05) is 37.3 Å². The molecule has 1 aromatic heterocycles. The molecule has 1 heterocycles. The van der Waals surface area contributed by atoms with E-state index in [0.29, 0.717) is 12.3 Å². The van der Waals surface area contributed by atoms with E-state index < -0.39 is 0 Å². The third-order valence-electron chi connectivity index (χ3n) is 5.08. The van der Waals surface area contributed by atoms with Gasteiger partial charge in [0.15, 0.2) is 0 Å². The second kappa shape index (κ2) is 9.97. The van der Waals surface area contributed by atoms with Crippen LogP contribution in [0.3, 0.4) is 0 Å². The molecular formula is C25H29NO3. The molecule has 0 aliphatic carbocycles. The lowest BCUT2D eigenvalue weighted by atomic mass is 9.99. The zero-order valence-corrected chi connectivity index (χ0v) is 17.5. The Morgan fingerprint density at radius 2 is 1.93 bits per heavy atom. The van der Waals surface area contributed by atoms with Gasteiger partial charge in [-0.1, -0.05) is 56.5 Å². The summed E-state index contributed by atoms with van der Waals surface area (Å²) in [6.45, 7) is 4.82. The molecule has 3 rings (SSSR count). The number of rotatable bonds is 9. The smallest absolute Gasteiger partial charge is 0.244 e. The van der Waals surface area contributed by atoms with Crippen LogP contribution in [0.25, 0.3) is 27.7 Å². The molecular weight excluding hydrogens is 362 g/mol. The Morgan fingerprint density at radius 1 is 1.14 bits per heavy atom. The number of ether oxygens (including phenoxy) is 1. The first-order valence-corrected chi connectivity index (χ1v) is 10.2. The molecule has 0 fully saturated rings. The fourth-order valence-corrected chi connectivity index (χ4v) is 3.46. The summed E-state index contributed by atoms with van der Waals surface area (Å²) in [5.74, 6) is 0.618. The highest BCUT2D eigenvalue weighted by Crippen LogP contribution is 2.37. The Labute approximate surface area is 172 Å². The minimum atomic E-state index is -0.0726. The predicted molar refractivity (Wildman–Crippen MR) is 119 cm³/mol. The summed E-state index contributed by atoms with van der Waals surface area (Å²) in [4.78, 5) is 12.3. The number of hydrogen-bond acceptors (Lipinski definition) is 3. The van der Waals surface area contributed by atoms with Gasteiger partial charge in [0.25, 0.3) is 0 Å². The van der Waals surface area contributed by atoms with Crippen molar-refractivity contribution in [3.05, 3.63) is 60.4 Å². The first-order valence-electron chi connectivity index (χ1n) is 10.2. The summed E-state index contributed by atoms with van der Waals surface area (Å²) in [5.41, 5.74) is 4.62. The molecule has 0 bridgehead atoms. The average molecular weight is 392 g/mol. The van der Waals surface area contributed by atoms with E-state index in [1.54, 1.807) is 19.4 Å². The van der Waals surface area contributed by atoms with Crippen molar-refractivity contribution in [2.45, 2.75) is 39.5 Å². The van der Waals surface area contributed by atoms with Crippen LogP contribution in [0.5, 0.6) is 5.75 Å². The SMILES string of the molecule is CCCCCCNC(=O)/C=C(\C)c1cc2c(-c3ccccc3)coc2cc1OC. The lowest BCUT2D eigenvalue weighted by Gasteiger charge is -2.10. The highest BCUT2D eigenvalue weighted by molar-refractivity contribution is 6.00. The zero-order chi connectivity index (χ0) is 20.6. The minimum Gasteiger partial charge on any atom is -0.496 e. The number of benzene rings is 2. The second-order valence-corrected chi connectivity index (χ2v) is 7.24. The number of methoxy groups -OCH3 is 1. The lowest BCUT2D eigenvalue weighted by Crippen LogP contribution is -2.22. The molecule has 0 aliphatic heterocycles. The van der Waals surface area contributed by atoms with Crippen molar-refractivity contribution < 1.29 is 13.9 Å². The molecule has 0 saturated carbocycles. The summed E-state index contributed by atoms with van der Waals surface area (Å²) >= 11 is 0. The van der Waals surface area contributed by atoms with Crippen LogP contribution >= 0.6 is 0 Å². The van der Waals surface area contributed by atoms with Gasteiger partial charge in [0.2, 0.25) is 5.91 Å². The Hall–Kier alpha value is -3.01. The third-order valence-corrected chi connectivity index (χ3v) is 5.08. The number of fused-ring (bicyclic) bond motifs is 1. The van der Waals surface area contributed by atoms with E-state index in [2.05, 4.69) is 24.4 Å². The van der Waals surface area contributed by atoms with Crippen molar-refractivity contribution in [1.29, 1.82) is 0 Å². The van der Waals surface area contributed by atoms with Gasteiger partial charge in [-0.25, -0.2) is 0 Å². The number of allylic oxidation sites excluding steroid dienone is 1. The zero-order valence-electron chi connectivity index (χ0n) is 17.5. The van der Waals surface area contributed by atoms with Crippen molar-refractivity contribution >= 4 is 22.4 Å². The Balaban J connectivity index is 1.86. The number of amides is 1. The predicted octanol–water partition coefficient (Wildman–Crippen LogP) is 6.21. The summed E-state index contributed by atoms with van der Waals surface area (Å²) < 4.78 is 11.3.